The molecule has 11 rings (SSSR count). The van der Waals surface area contributed by atoms with E-state index in [1.165, 1.54) is 35.9 Å². The number of anilines is 1. The van der Waals surface area contributed by atoms with Crippen molar-refractivity contribution in [2.75, 3.05) is 117 Å². The first-order valence-electron chi connectivity index (χ1n) is 29.4. The SMILES string of the molecule is C#CCCC(=O)N[C@@H](Cc1cn(CCOCCOCCOCC[N+]23CC[N+](CCc4ccc(CCO[C@@H]5O[C@H](CO)[C@@H](O)[C@H](O)[C@H]5O)cc4)(CC2)CC3)nn1)C(=O)NCC(=O)Nc1ccc2c(c1)C(=O)OC21c2ccc(O)cc2Oc2cc(O)ccc21. The highest BCUT2D eigenvalue weighted by atomic mass is 16.7. The number of carbonyl (C=O) groups excluding carboxylic acids is 4. The molecule has 25 heteroatoms. The van der Waals surface area contributed by atoms with Gasteiger partial charge in [-0.05, 0) is 53.9 Å². The molecule has 7 heterocycles. The summed E-state index contributed by atoms with van der Waals surface area (Å²) in [6.45, 7) is 11.3. The van der Waals surface area contributed by atoms with Crippen LogP contribution in [0.3, 0.4) is 0 Å². The number of aliphatic hydroxyl groups excluding tert-OH is 4. The summed E-state index contributed by atoms with van der Waals surface area (Å²) in [4.78, 5) is 53.2. The first kappa shape index (κ1) is 62.5. The third-order valence-corrected chi connectivity index (χ3v) is 17.1. The van der Waals surface area contributed by atoms with Crippen LogP contribution in [0.25, 0.3) is 0 Å². The first-order valence-corrected chi connectivity index (χ1v) is 29.4. The fourth-order valence-corrected chi connectivity index (χ4v) is 12.0. The summed E-state index contributed by atoms with van der Waals surface area (Å²) in [7, 11) is 0. The van der Waals surface area contributed by atoms with E-state index in [4.69, 9.17) is 39.6 Å². The number of terminal acetylenes is 1. The van der Waals surface area contributed by atoms with Gasteiger partial charge in [-0.15, -0.1) is 17.4 Å². The second-order valence-corrected chi connectivity index (χ2v) is 22.8. The zero-order valence-corrected chi connectivity index (χ0v) is 48.3. The third-order valence-electron chi connectivity index (χ3n) is 17.1. The molecule has 4 saturated heterocycles. The first-order chi connectivity index (χ1) is 42.1. The van der Waals surface area contributed by atoms with Gasteiger partial charge in [-0.2, -0.15) is 0 Å². The topological polar surface area (TPSA) is 321 Å². The molecule has 6 aliphatic heterocycles. The molecule has 0 aliphatic carbocycles. The zero-order chi connectivity index (χ0) is 61.1. The largest absolute Gasteiger partial charge is 0.508 e. The second kappa shape index (κ2) is 28.1. The number of ether oxygens (including phenoxy) is 7. The van der Waals surface area contributed by atoms with Gasteiger partial charge in [0, 0.05) is 66.4 Å². The van der Waals surface area contributed by atoms with E-state index in [-0.39, 0.29) is 60.1 Å². The Kier molecular flexibility index (Phi) is 20.2. The molecule has 2 bridgehead atoms. The molecular formula is C62H76N8O17+2. The van der Waals surface area contributed by atoms with E-state index in [0.29, 0.717) is 75.0 Å². The summed E-state index contributed by atoms with van der Waals surface area (Å²) in [5.74, 6) is 0.263. The number of amides is 3. The lowest BCUT2D eigenvalue weighted by Crippen LogP contribution is -2.75. The van der Waals surface area contributed by atoms with Crippen molar-refractivity contribution in [1.29, 1.82) is 0 Å². The van der Waals surface area contributed by atoms with Gasteiger partial charge in [0.05, 0.1) is 83.7 Å². The smallest absolute Gasteiger partial charge is 0.340 e. The van der Waals surface area contributed by atoms with Gasteiger partial charge in [-0.25, -0.2) is 9.48 Å². The lowest BCUT2D eigenvalue weighted by molar-refractivity contribution is -1.08. The van der Waals surface area contributed by atoms with Gasteiger partial charge in [0.1, 0.15) is 99.3 Å². The summed E-state index contributed by atoms with van der Waals surface area (Å²) < 4.78 is 44.6. The minimum absolute atomic E-state index is 0.0211. The lowest BCUT2D eigenvalue weighted by atomic mass is 9.77. The molecule has 9 N–H and O–H groups in total. The van der Waals surface area contributed by atoms with E-state index in [1.807, 2.05) is 0 Å². The molecule has 4 fully saturated rings. The zero-order valence-electron chi connectivity index (χ0n) is 48.3. The minimum atomic E-state index is -1.49. The van der Waals surface area contributed by atoms with Gasteiger partial charge in [0.2, 0.25) is 17.7 Å². The maximum atomic E-state index is 13.6. The van der Waals surface area contributed by atoms with Crippen LogP contribution in [0.4, 0.5) is 5.69 Å². The number of quaternary nitrogens is 2. The third kappa shape index (κ3) is 14.7. The van der Waals surface area contributed by atoms with Gasteiger partial charge < -0.3 is 88.7 Å². The van der Waals surface area contributed by atoms with E-state index in [2.05, 4.69) is 56.4 Å². The standard InChI is InChI=1S/C62H74N8O17/c1-2-3-4-54(74)65-50(59(79)63-37-55(75)64-42-9-12-47-46(33-42)60(80)87-62(47)48-13-10-44(72)35-51(48)85-52-36-45(73)11-14-49(52)62)34-43-38-68(67-66-43)17-27-81-29-31-83-32-30-82-28-25-70-22-19-69(20-23-70,21-24-70)18-15-40-5-7-41(8-6-40)16-26-84-61-58(78)57(77)56(76)53(39-71)86-61/h1,5-14,33,35-36,38,50,53,56-58,61,71,76-78H,3-4,15-32,34,37,39H2,(H3-2,63,64,65,72,73,74,75,79)/p+2/t50-,53+,56+,57-,58+,61+,69?,70?/m0/s1. The Morgan fingerprint density at radius 2 is 1.37 bits per heavy atom. The van der Waals surface area contributed by atoms with Crippen molar-refractivity contribution in [2.45, 2.75) is 81.0 Å². The highest BCUT2D eigenvalue weighted by Crippen LogP contribution is 2.57. The summed E-state index contributed by atoms with van der Waals surface area (Å²) >= 11 is 0. The molecule has 464 valence electrons. The van der Waals surface area contributed by atoms with Crippen LogP contribution < -0.4 is 20.7 Å². The number of hydrogen-bond donors (Lipinski definition) is 9. The number of nitrogens with zero attached hydrogens (tertiary/aromatic N) is 5. The quantitative estimate of drug-likeness (QED) is 0.0138. The molecule has 6 atom stereocenters. The molecular weight excluding hydrogens is 1130 g/mol. The van der Waals surface area contributed by atoms with Gasteiger partial charge in [0.15, 0.2) is 11.9 Å². The Morgan fingerprint density at radius 3 is 2.02 bits per heavy atom. The van der Waals surface area contributed by atoms with Crippen LogP contribution in [0.5, 0.6) is 23.0 Å². The molecule has 1 aromatic heterocycles. The number of rotatable bonds is 29. The van der Waals surface area contributed by atoms with Gasteiger partial charge >= 0.3 is 5.97 Å². The van der Waals surface area contributed by atoms with Crippen molar-refractivity contribution < 1.29 is 91.9 Å². The monoisotopic (exact) mass is 1200 g/mol. The molecule has 4 aromatic carbocycles. The van der Waals surface area contributed by atoms with Crippen molar-refractivity contribution in [3.63, 3.8) is 0 Å². The molecule has 25 nitrogen and oxygen atoms in total. The molecule has 0 unspecified atom stereocenters. The van der Waals surface area contributed by atoms with Crippen molar-refractivity contribution in [3.05, 3.63) is 124 Å². The maximum absolute atomic E-state index is 13.6. The van der Waals surface area contributed by atoms with Gasteiger partial charge in [-0.3, -0.25) is 14.4 Å². The van der Waals surface area contributed by atoms with Crippen LogP contribution in [0.1, 0.15) is 56.7 Å². The summed E-state index contributed by atoms with van der Waals surface area (Å²) in [6, 6.07) is 20.9. The highest BCUT2D eigenvalue weighted by molar-refractivity contribution is 6.01. The number of fused-ring (bicyclic) bond motifs is 9. The maximum Gasteiger partial charge on any atom is 0.340 e. The number of phenols is 2. The average Bonchev–Trinajstić information content (AvgIpc) is 1.68. The molecule has 6 aliphatic rings. The Balaban J connectivity index is 0.592. The summed E-state index contributed by atoms with van der Waals surface area (Å²) in [5, 5.41) is 76.4. The fraction of sp³-hybridized carbons (Fsp3) is 0.484. The molecule has 0 radical (unpaired) electrons. The number of esters is 1. The van der Waals surface area contributed by atoms with E-state index in [1.54, 1.807) is 35.1 Å². The fourth-order valence-electron chi connectivity index (χ4n) is 12.0. The van der Waals surface area contributed by atoms with Crippen LogP contribution in [0.2, 0.25) is 0 Å². The van der Waals surface area contributed by atoms with Crippen LogP contribution in [-0.2, 0) is 74.2 Å². The van der Waals surface area contributed by atoms with E-state index in [9.17, 15) is 49.8 Å². The van der Waals surface area contributed by atoms with Crippen LogP contribution in [0.15, 0.2) is 85.1 Å². The highest BCUT2D eigenvalue weighted by Gasteiger charge is 2.54. The Labute approximate surface area is 502 Å². The number of benzene rings is 4. The van der Waals surface area contributed by atoms with Crippen LogP contribution in [0, 0.1) is 12.3 Å². The number of phenolic OH excluding ortho intramolecular Hbond substituents is 2. The Bertz CT molecular complexity index is 3200. The van der Waals surface area contributed by atoms with E-state index in [0.717, 1.165) is 73.3 Å². The van der Waals surface area contributed by atoms with E-state index < -0.39 is 79.2 Å². The number of nitrogens with one attached hydrogen (secondary N) is 3. The number of carbonyl (C=O) groups is 4. The second-order valence-electron chi connectivity index (χ2n) is 22.8. The molecule has 0 saturated carbocycles. The Hall–Kier alpha value is -7.58. The predicted octanol–water partition coefficient (Wildman–Crippen LogP) is 0.765. The molecule has 5 aromatic rings. The number of hydrogen-bond acceptors (Lipinski definition) is 19. The predicted molar refractivity (Wildman–Crippen MR) is 309 cm³/mol. The van der Waals surface area contributed by atoms with Gasteiger partial charge in [-0.1, -0.05) is 35.5 Å². The van der Waals surface area contributed by atoms with Crippen molar-refractivity contribution in [3.8, 4) is 35.3 Å². The van der Waals surface area contributed by atoms with Crippen LogP contribution in [-0.4, -0.2) is 227 Å². The summed E-state index contributed by atoms with van der Waals surface area (Å²) in [5.41, 5.74) is 3.00. The Morgan fingerprint density at radius 1 is 0.747 bits per heavy atom. The van der Waals surface area contributed by atoms with Crippen molar-refractivity contribution in [1.82, 2.24) is 25.6 Å². The number of aromatic hydroxyl groups is 2. The molecule has 1 spiro atoms. The number of aromatic nitrogens is 3. The number of piperazine rings is 3. The number of aliphatic hydroxyl groups is 4. The van der Waals surface area contributed by atoms with Gasteiger partial charge in [0.25, 0.3) is 0 Å². The lowest BCUT2D eigenvalue weighted by Gasteiger charge is -2.55. The van der Waals surface area contributed by atoms with Crippen molar-refractivity contribution in [2.24, 2.45) is 0 Å². The minimum Gasteiger partial charge on any atom is -0.508 e. The normalized spacial score (nSPS) is 23.3. The van der Waals surface area contributed by atoms with E-state index >= 15 is 0 Å². The molecule has 87 heavy (non-hydrogen) atoms. The van der Waals surface area contributed by atoms with Crippen molar-refractivity contribution >= 4 is 29.4 Å². The molecule has 3 amide bonds. The van der Waals surface area contributed by atoms with Crippen LogP contribution >= 0.6 is 0 Å². The summed E-state index contributed by atoms with van der Waals surface area (Å²) in [6.07, 6.45) is 2.26. The average molecular weight is 1210 g/mol.